The standard InChI is InChI=1S/C24H23ClF2N6O2/c1-14-12-15(2-3-16(14)24(35)30-7-6-28-9-11-34)32-22-23-31-13-19(33(23)10-8-29-22)17-4-5-18(25)21(27)20(17)26/h2-5,8,10,12-13,28,34H,6-7,9,11H2,1H3,(H,29,32)(H,30,35). The highest BCUT2D eigenvalue weighted by atomic mass is 35.5. The highest BCUT2D eigenvalue weighted by Gasteiger charge is 2.18. The fourth-order valence-corrected chi connectivity index (χ4v) is 3.77. The Kier molecular flexibility index (Phi) is 7.54. The van der Waals surface area contributed by atoms with Crippen LogP contribution in [0.4, 0.5) is 20.3 Å². The van der Waals surface area contributed by atoms with Gasteiger partial charge in [-0.15, -0.1) is 0 Å². The molecule has 2 aromatic carbocycles. The number of carbonyl (C=O) groups excluding carboxylic acids is 1. The molecule has 0 saturated heterocycles. The predicted octanol–water partition coefficient (Wildman–Crippen LogP) is 3.69. The monoisotopic (exact) mass is 500 g/mol. The first-order valence-corrected chi connectivity index (χ1v) is 11.2. The van der Waals surface area contributed by atoms with Gasteiger partial charge < -0.3 is 21.1 Å². The quantitative estimate of drug-likeness (QED) is 0.206. The topological polar surface area (TPSA) is 104 Å². The third kappa shape index (κ3) is 5.24. The Bertz CT molecular complexity index is 1380. The molecule has 0 radical (unpaired) electrons. The molecule has 11 heteroatoms. The number of aryl methyl sites for hydroxylation is 1. The normalized spacial score (nSPS) is 11.1. The van der Waals surface area contributed by atoms with Crippen molar-refractivity contribution in [3.63, 3.8) is 0 Å². The van der Waals surface area contributed by atoms with E-state index in [9.17, 15) is 13.6 Å². The lowest BCUT2D eigenvalue weighted by Crippen LogP contribution is -2.33. The number of hydrogen-bond acceptors (Lipinski definition) is 6. The van der Waals surface area contributed by atoms with E-state index in [-0.39, 0.29) is 23.1 Å². The summed E-state index contributed by atoms with van der Waals surface area (Å²) in [5.74, 6) is -1.97. The number of aliphatic hydroxyl groups is 1. The first kappa shape index (κ1) is 24.5. The second-order valence-corrected chi connectivity index (χ2v) is 8.13. The van der Waals surface area contributed by atoms with E-state index >= 15 is 0 Å². The van der Waals surface area contributed by atoms with Crippen LogP contribution in [0.2, 0.25) is 5.02 Å². The van der Waals surface area contributed by atoms with Crippen LogP contribution >= 0.6 is 11.6 Å². The maximum Gasteiger partial charge on any atom is 0.251 e. The Balaban J connectivity index is 1.54. The van der Waals surface area contributed by atoms with Gasteiger partial charge in [0.15, 0.2) is 23.1 Å². The molecule has 4 N–H and O–H groups in total. The summed E-state index contributed by atoms with van der Waals surface area (Å²) in [6.07, 6.45) is 4.55. The van der Waals surface area contributed by atoms with Crippen molar-refractivity contribution >= 4 is 34.7 Å². The smallest absolute Gasteiger partial charge is 0.251 e. The van der Waals surface area contributed by atoms with Crippen LogP contribution in [-0.4, -0.2) is 51.6 Å². The van der Waals surface area contributed by atoms with Gasteiger partial charge >= 0.3 is 0 Å². The Morgan fingerprint density at radius 2 is 1.94 bits per heavy atom. The van der Waals surface area contributed by atoms with E-state index in [0.29, 0.717) is 48.0 Å². The molecular formula is C24H23ClF2N6O2. The molecule has 1 amide bonds. The summed E-state index contributed by atoms with van der Waals surface area (Å²) >= 11 is 5.67. The summed E-state index contributed by atoms with van der Waals surface area (Å²) in [5.41, 5.74) is 2.74. The van der Waals surface area contributed by atoms with Gasteiger partial charge in [-0.05, 0) is 42.8 Å². The molecule has 4 aromatic rings. The molecule has 2 aromatic heterocycles. The highest BCUT2D eigenvalue weighted by molar-refractivity contribution is 6.30. The Morgan fingerprint density at radius 3 is 2.71 bits per heavy atom. The number of amides is 1. The maximum absolute atomic E-state index is 14.5. The van der Waals surface area contributed by atoms with E-state index < -0.39 is 11.6 Å². The number of aliphatic hydroxyl groups excluding tert-OH is 1. The van der Waals surface area contributed by atoms with Gasteiger partial charge in [-0.3, -0.25) is 9.20 Å². The number of benzene rings is 2. The van der Waals surface area contributed by atoms with Crippen LogP contribution in [0.5, 0.6) is 0 Å². The van der Waals surface area contributed by atoms with Crippen LogP contribution in [0, 0.1) is 18.6 Å². The number of fused-ring (bicyclic) bond motifs is 1. The fraction of sp³-hybridized carbons (Fsp3) is 0.208. The van der Waals surface area contributed by atoms with Crippen molar-refractivity contribution in [2.45, 2.75) is 6.92 Å². The number of anilines is 2. The lowest BCUT2D eigenvalue weighted by atomic mass is 10.1. The highest BCUT2D eigenvalue weighted by Crippen LogP contribution is 2.30. The van der Waals surface area contributed by atoms with Crippen molar-refractivity contribution in [3.05, 3.63) is 76.7 Å². The molecule has 0 saturated carbocycles. The summed E-state index contributed by atoms with van der Waals surface area (Å²) in [5, 5.41) is 17.5. The summed E-state index contributed by atoms with van der Waals surface area (Å²) < 4.78 is 30.1. The van der Waals surface area contributed by atoms with Gasteiger partial charge in [0.05, 0.1) is 23.5 Å². The van der Waals surface area contributed by atoms with Crippen molar-refractivity contribution in [2.75, 3.05) is 31.6 Å². The number of aromatic nitrogens is 3. The van der Waals surface area contributed by atoms with E-state index in [0.717, 1.165) is 5.56 Å². The molecule has 0 aliphatic rings. The van der Waals surface area contributed by atoms with Crippen molar-refractivity contribution in [1.29, 1.82) is 0 Å². The molecule has 4 rings (SSSR count). The lowest BCUT2D eigenvalue weighted by Gasteiger charge is -2.12. The number of hydrogen-bond donors (Lipinski definition) is 4. The summed E-state index contributed by atoms with van der Waals surface area (Å²) in [7, 11) is 0. The van der Waals surface area contributed by atoms with Gasteiger partial charge in [0, 0.05) is 48.8 Å². The summed E-state index contributed by atoms with van der Waals surface area (Å²) in [4.78, 5) is 21.1. The third-order valence-corrected chi connectivity index (χ3v) is 5.64. The molecule has 35 heavy (non-hydrogen) atoms. The molecule has 8 nitrogen and oxygen atoms in total. The Morgan fingerprint density at radius 1 is 1.11 bits per heavy atom. The molecule has 0 aliphatic carbocycles. The van der Waals surface area contributed by atoms with Crippen LogP contribution in [0.1, 0.15) is 15.9 Å². The fourth-order valence-electron chi connectivity index (χ4n) is 3.63. The first-order chi connectivity index (χ1) is 16.9. The molecule has 0 unspecified atom stereocenters. The van der Waals surface area contributed by atoms with Crippen molar-refractivity contribution in [1.82, 2.24) is 25.0 Å². The minimum atomic E-state index is -1.12. The van der Waals surface area contributed by atoms with Crippen LogP contribution in [0.15, 0.2) is 48.9 Å². The average Bonchev–Trinajstić information content (AvgIpc) is 3.27. The summed E-state index contributed by atoms with van der Waals surface area (Å²) in [6, 6.07) is 7.95. The van der Waals surface area contributed by atoms with E-state index in [1.165, 1.54) is 24.5 Å². The number of carbonyl (C=O) groups is 1. The van der Waals surface area contributed by atoms with E-state index in [1.54, 1.807) is 22.7 Å². The zero-order valence-corrected chi connectivity index (χ0v) is 19.5. The number of nitrogens with zero attached hydrogens (tertiary/aromatic N) is 3. The Labute approximate surface area is 205 Å². The average molecular weight is 501 g/mol. The minimum absolute atomic E-state index is 0.0225. The van der Waals surface area contributed by atoms with Gasteiger partial charge in [0.2, 0.25) is 0 Å². The zero-order chi connectivity index (χ0) is 24.9. The Hall–Kier alpha value is -3.60. The van der Waals surface area contributed by atoms with Gasteiger partial charge in [0.25, 0.3) is 5.91 Å². The van der Waals surface area contributed by atoms with Gasteiger partial charge in [0.1, 0.15) is 0 Å². The van der Waals surface area contributed by atoms with Crippen LogP contribution in [0.25, 0.3) is 16.9 Å². The van der Waals surface area contributed by atoms with Crippen molar-refractivity contribution in [3.8, 4) is 11.3 Å². The molecule has 0 atom stereocenters. The zero-order valence-electron chi connectivity index (χ0n) is 18.8. The van der Waals surface area contributed by atoms with Crippen LogP contribution in [-0.2, 0) is 0 Å². The molecule has 0 fully saturated rings. The number of halogens is 3. The molecule has 0 bridgehead atoms. The van der Waals surface area contributed by atoms with Gasteiger partial charge in [-0.1, -0.05) is 11.6 Å². The third-order valence-electron chi connectivity index (χ3n) is 5.35. The molecular weight excluding hydrogens is 478 g/mol. The SMILES string of the molecule is Cc1cc(Nc2nccn3c(-c4ccc(Cl)c(F)c4F)cnc23)ccc1C(=O)NCCNCCO. The molecule has 0 spiro atoms. The second kappa shape index (κ2) is 10.8. The predicted molar refractivity (Wildman–Crippen MR) is 130 cm³/mol. The number of rotatable bonds is 9. The summed E-state index contributed by atoms with van der Waals surface area (Å²) in [6.45, 7) is 3.33. The number of nitrogens with one attached hydrogen (secondary N) is 3. The van der Waals surface area contributed by atoms with Crippen molar-refractivity contribution < 1.29 is 18.7 Å². The van der Waals surface area contributed by atoms with Gasteiger partial charge in [-0.25, -0.2) is 18.7 Å². The van der Waals surface area contributed by atoms with E-state index in [1.807, 2.05) is 13.0 Å². The largest absolute Gasteiger partial charge is 0.395 e. The van der Waals surface area contributed by atoms with Crippen molar-refractivity contribution in [2.24, 2.45) is 0 Å². The van der Waals surface area contributed by atoms with Crippen LogP contribution < -0.4 is 16.0 Å². The molecule has 2 heterocycles. The lowest BCUT2D eigenvalue weighted by molar-refractivity contribution is 0.0953. The van der Waals surface area contributed by atoms with Gasteiger partial charge in [-0.2, -0.15) is 0 Å². The van der Waals surface area contributed by atoms with E-state index in [2.05, 4.69) is 25.9 Å². The number of imidazole rings is 1. The molecule has 0 aliphatic heterocycles. The molecule has 182 valence electrons. The van der Waals surface area contributed by atoms with Crippen LogP contribution in [0.3, 0.4) is 0 Å². The second-order valence-electron chi connectivity index (χ2n) is 7.72. The first-order valence-electron chi connectivity index (χ1n) is 10.8. The van der Waals surface area contributed by atoms with E-state index in [4.69, 9.17) is 16.7 Å². The minimum Gasteiger partial charge on any atom is -0.395 e. The maximum atomic E-state index is 14.5.